The Hall–Kier alpha value is -2.45. The number of hydrogen-bond acceptors (Lipinski definition) is 7. The zero-order valence-electron chi connectivity index (χ0n) is 13.7. The van der Waals surface area contributed by atoms with Gasteiger partial charge in [-0.2, -0.15) is 9.97 Å². The lowest BCUT2D eigenvalue weighted by Crippen LogP contribution is -2.27. The van der Waals surface area contributed by atoms with E-state index in [1.54, 1.807) is 12.4 Å². The second kappa shape index (κ2) is 6.45. The Morgan fingerprint density at radius 1 is 1.36 bits per heavy atom. The molecule has 4 rings (SSSR count). The lowest BCUT2D eigenvalue weighted by atomic mass is 10.3. The van der Waals surface area contributed by atoms with Crippen LogP contribution in [0.3, 0.4) is 0 Å². The van der Waals surface area contributed by atoms with Crippen LogP contribution in [0.25, 0.3) is 11.0 Å². The molecule has 3 aromatic heterocycles. The van der Waals surface area contributed by atoms with Gasteiger partial charge in [0.05, 0.1) is 22.8 Å². The van der Waals surface area contributed by atoms with E-state index >= 15 is 0 Å². The third-order valence-corrected chi connectivity index (χ3v) is 4.66. The van der Waals surface area contributed by atoms with Crippen LogP contribution in [0.15, 0.2) is 18.7 Å². The van der Waals surface area contributed by atoms with Gasteiger partial charge in [0, 0.05) is 24.8 Å². The quantitative estimate of drug-likeness (QED) is 0.736. The van der Waals surface area contributed by atoms with Gasteiger partial charge in [-0.15, -0.1) is 0 Å². The first-order valence-corrected chi connectivity index (χ1v) is 8.55. The van der Waals surface area contributed by atoms with Crippen LogP contribution in [-0.4, -0.2) is 44.1 Å². The summed E-state index contributed by atoms with van der Waals surface area (Å²) in [5, 5.41) is 1.46. The van der Waals surface area contributed by atoms with Crippen molar-refractivity contribution in [2.24, 2.45) is 5.73 Å². The number of nitrogens with two attached hydrogens (primary N) is 1. The fraction of sp³-hybridized carbons (Fsp3) is 0.375. The van der Waals surface area contributed by atoms with Gasteiger partial charge in [0.2, 0.25) is 0 Å². The number of hydrogen-bond donors (Lipinski definition) is 2. The van der Waals surface area contributed by atoms with Gasteiger partial charge < -0.3 is 20.4 Å². The second-order valence-corrected chi connectivity index (χ2v) is 6.37. The van der Waals surface area contributed by atoms with E-state index in [0.29, 0.717) is 16.4 Å². The van der Waals surface area contributed by atoms with E-state index in [1.165, 1.54) is 6.33 Å². The molecule has 1 atom stereocenters. The smallest absolute Gasteiger partial charge is 0.326 e. The molecular weight excluding hydrogens is 342 g/mol. The summed E-state index contributed by atoms with van der Waals surface area (Å²) in [5.74, 6) is 1.21. The molecule has 130 valence electrons. The van der Waals surface area contributed by atoms with Gasteiger partial charge in [-0.1, -0.05) is 18.5 Å². The molecule has 8 nitrogen and oxygen atoms in total. The van der Waals surface area contributed by atoms with Crippen molar-refractivity contribution < 1.29 is 4.74 Å². The van der Waals surface area contributed by atoms with Crippen LogP contribution in [0, 0.1) is 0 Å². The Kier molecular flexibility index (Phi) is 4.14. The van der Waals surface area contributed by atoms with E-state index in [0.717, 1.165) is 42.8 Å². The maximum absolute atomic E-state index is 6.56. The van der Waals surface area contributed by atoms with Crippen LogP contribution in [0.5, 0.6) is 11.8 Å². The number of rotatable bonds is 4. The van der Waals surface area contributed by atoms with Gasteiger partial charge in [-0.05, 0) is 12.8 Å². The number of H-pyrrole nitrogens is 1. The molecule has 0 saturated carbocycles. The van der Waals surface area contributed by atoms with Crippen molar-refractivity contribution in [1.82, 2.24) is 24.9 Å². The minimum atomic E-state index is 0.125. The van der Waals surface area contributed by atoms with Gasteiger partial charge in [0.25, 0.3) is 0 Å². The number of aromatic amines is 1. The Bertz CT molecular complexity index is 898. The fourth-order valence-electron chi connectivity index (χ4n) is 3.01. The highest BCUT2D eigenvalue weighted by atomic mass is 35.5. The number of fused-ring (bicyclic) bond motifs is 1. The summed E-state index contributed by atoms with van der Waals surface area (Å²) < 4.78 is 5.73. The molecule has 4 heterocycles. The molecule has 0 radical (unpaired) electrons. The molecule has 1 aliphatic heterocycles. The van der Waals surface area contributed by atoms with Crippen molar-refractivity contribution in [3.63, 3.8) is 0 Å². The zero-order valence-corrected chi connectivity index (χ0v) is 14.5. The molecule has 9 heteroatoms. The molecule has 1 saturated heterocycles. The van der Waals surface area contributed by atoms with E-state index in [9.17, 15) is 0 Å². The van der Waals surface area contributed by atoms with Crippen molar-refractivity contribution in [1.29, 1.82) is 0 Å². The number of anilines is 1. The molecule has 0 bridgehead atoms. The van der Waals surface area contributed by atoms with Crippen LogP contribution in [0.1, 0.15) is 19.0 Å². The Morgan fingerprint density at radius 2 is 2.16 bits per heavy atom. The molecule has 1 aliphatic rings. The van der Waals surface area contributed by atoms with E-state index in [4.69, 9.17) is 22.1 Å². The summed E-state index contributed by atoms with van der Waals surface area (Å²) in [6.45, 7) is 3.58. The largest absolute Gasteiger partial charge is 0.421 e. The lowest BCUT2D eigenvalue weighted by Gasteiger charge is -2.18. The molecule has 0 spiro atoms. The molecular formula is C16H18ClN7O. The fourth-order valence-corrected chi connectivity index (χ4v) is 3.37. The molecule has 0 amide bonds. The van der Waals surface area contributed by atoms with Gasteiger partial charge >= 0.3 is 6.01 Å². The third kappa shape index (κ3) is 2.98. The summed E-state index contributed by atoms with van der Waals surface area (Å²) in [5.41, 5.74) is 7.64. The number of ether oxygens (including phenoxy) is 1. The Labute approximate surface area is 149 Å². The minimum Gasteiger partial charge on any atom is -0.421 e. The zero-order chi connectivity index (χ0) is 17.4. The van der Waals surface area contributed by atoms with Gasteiger partial charge in [-0.3, -0.25) is 0 Å². The van der Waals surface area contributed by atoms with Crippen LogP contribution in [0.2, 0.25) is 5.02 Å². The predicted molar refractivity (Wildman–Crippen MR) is 95.2 cm³/mol. The van der Waals surface area contributed by atoms with Gasteiger partial charge in [0.1, 0.15) is 17.8 Å². The van der Waals surface area contributed by atoms with Gasteiger partial charge in [0.15, 0.2) is 5.75 Å². The van der Waals surface area contributed by atoms with Crippen molar-refractivity contribution in [3.05, 3.63) is 29.4 Å². The normalized spacial score (nSPS) is 17.4. The number of aryl methyl sites for hydroxylation is 1. The number of aromatic nitrogens is 5. The molecule has 0 unspecified atom stereocenters. The number of nitrogens with one attached hydrogen (secondary N) is 1. The molecule has 1 fully saturated rings. The van der Waals surface area contributed by atoms with Crippen LogP contribution >= 0.6 is 11.6 Å². The molecule has 0 aromatic carbocycles. The molecule has 25 heavy (non-hydrogen) atoms. The standard InChI is InChI=1S/C16H18ClN7O/c1-2-11-13(17)12-14(21-11)22-16(25-10-5-19-8-20-6-10)23-15(12)24-4-3-9(18)7-24/h5-6,8-9H,2-4,7,18H2,1H3,(H,21,22,23)/t9-/m0/s1. The lowest BCUT2D eigenvalue weighted by molar-refractivity contribution is 0.439. The SMILES string of the molecule is CCc1[nH]c2nc(Oc3cncnc3)nc(N3CC[C@H](N)C3)c2c1Cl. The predicted octanol–water partition coefficient (Wildman–Crippen LogP) is 2.29. The first kappa shape index (κ1) is 16.0. The molecule has 3 N–H and O–H groups in total. The van der Waals surface area contributed by atoms with Crippen molar-refractivity contribution >= 4 is 28.5 Å². The minimum absolute atomic E-state index is 0.125. The average molecular weight is 360 g/mol. The maximum atomic E-state index is 6.56. The molecule has 0 aliphatic carbocycles. The summed E-state index contributed by atoms with van der Waals surface area (Å²) in [6, 6.07) is 0.346. The van der Waals surface area contributed by atoms with Crippen molar-refractivity contribution in [2.75, 3.05) is 18.0 Å². The van der Waals surface area contributed by atoms with E-state index in [1.807, 2.05) is 6.92 Å². The van der Waals surface area contributed by atoms with E-state index in [2.05, 4.69) is 29.8 Å². The maximum Gasteiger partial charge on any atom is 0.326 e. The highest BCUT2D eigenvalue weighted by molar-refractivity contribution is 6.37. The Morgan fingerprint density at radius 3 is 2.84 bits per heavy atom. The number of nitrogens with zero attached hydrogens (tertiary/aromatic N) is 5. The first-order chi connectivity index (χ1) is 12.2. The highest BCUT2D eigenvalue weighted by Crippen LogP contribution is 2.36. The number of halogens is 1. The Balaban J connectivity index is 1.82. The second-order valence-electron chi connectivity index (χ2n) is 6.00. The highest BCUT2D eigenvalue weighted by Gasteiger charge is 2.26. The summed E-state index contributed by atoms with van der Waals surface area (Å²) >= 11 is 6.56. The van der Waals surface area contributed by atoms with Gasteiger partial charge in [-0.25, -0.2) is 9.97 Å². The van der Waals surface area contributed by atoms with Crippen LogP contribution in [0.4, 0.5) is 5.82 Å². The molecule has 3 aromatic rings. The first-order valence-electron chi connectivity index (χ1n) is 8.17. The topological polar surface area (TPSA) is 106 Å². The summed E-state index contributed by atoms with van der Waals surface area (Å²) in [7, 11) is 0. The van der Waals surface area contributed by atoms with Crippen LogP contribution in [-0.2, 0) is 6.42 Å². The van der Waals surface area contributed by atoms with Crippen LogP contribution < -0.4 is 15.4 Å². The monoisotopic (exact) mass is 359 g/mol. The summed E-state index contributed by atoms with van der Waals surface area (Å²) in [4.78, 5) is 22.3. The van der Waals surface area contributed by atoms with Crippen molar-refractivity contribution in [3.8, 4) is 11.8 Å². The van der Waals surface area contributed by atoms with E-state index < -0.39 is 0 Å². The average Bonchev–Trinajstić information content (AvgIpc) is 3.19. The van der Waals surface area contributed by atoms with E-state index in [-0.39, 0.29) is 12.1 Å². The third-order valence-electron chi connectivity index (χ3n) is 4.25. The summed E-state index contributed by atoms with van der Waals surface area (Å²) in [6.07, 6.45) is 6.25. The van der Waals surface area contributed by atoms with Crippen molar-refractivity contribution in [2.45, 2.75) is 25.8 Å².